The fraction of sp³-hybridized carbons (Fsp3) is 0.364. The van der Waals surface area contributed by atoms with Gasteiger partial charge in [0.15, 0.2) is 5.76 Å². The van der Waals surface area contributed by atoms with Gasteiger partial charge in [-0.2, -0.15) is 0 Å². The second kappa shape index (κ2) is 6.43. The average Bonchev–Trinajstić information content (AvgIpc) is 2.81. The van der Waals surface area contributed by atoms with Crippen LogP contribution < -0.4 is 10.6 Å². The molecule has 2 amide bonds. The molecule has 1 unspecified atom stereocenters. The molecule has 0 aliphatic heterocycles. The first kappa shape index (κ1) is 13.8. The smallest absolute Gasteiger partial charge is 0.305 e. The van der Waals surface area contributed by atoms with Gasteiger partial charge in [0.1, 0.15) is 6.04 Å². The Bertz CT molecular complexity index is 427. The SMILES string of the molecule is CC(NC(=O)c1ccco1)C(=O)NCCC(=O)O. The molecule has 98 valence electrons. The Morgan fingerprint density at radius 1 is 1.44 bits per heavy atom. The highest BCUT2D eigenvalue weighted by Gasteiger charge is 2.17. The highest BCUT2D eigenvalue weighted by atomic mass is 16.4. The molecule has 0 fully saturated rings. The number of nitrogens with one attached hydrogen (secondary N) is 2. The maximum atomic E-state index is 11.5. The van der Waals surface area contributed by atoms with Crippen LogP contribution in [0.3, 0.4) is 0 Å². The Morgan fingerprint density at radius 2 is 2.17 bits per heavy atom. The molecule has 0 saturated heterocycles. The van der Waals surface area contributed by atoms with Gasteiger partial charge in [-0.3, -0.25) is 14.4 Å². The molecule has 0 saturated carbocycles. The van der Waals surface area contributed by atoms with Crippen molar-refractivity contribution in [1.82, 2.24) is 10.6 Å². The first-order valence-electron chi connectivity index (χ1n) is 5.34. The Morgan fingerprint density at radius 3 is 2.72 bits per heavy atom. The Balaban J connectivity index is 2.35. The van der Waals surface area contributed by atoms with Crippen LogP contribution in [0.25, 0.3) is 0 Å². The predicted molar refractivity (Wildman–Crippen MR) is 60.9 cm³/mol. The van der Waals surface area contributed by atoms with Crippen molar-refractivity contribution in [2.24, 2.45) is 0 Å². The topological polar surface area (TPSA) is 109 Å². The maximum absolute atomic E-state index is 11.5. The molecule has 7 nitrogen and oxygen atoms in total. The minimum atomic E-state index is -0.998. The molecule has 0 aromatic carbocycles. The van der Waals surface area contributed by atoms with Crippen molar-refractivity contribution < 1.29 is 23.9 Å². The summed E-state index contributed by atoms with van der Waals surface area (Å²) in [5.74, 6) is -1.83. The molecule has 18 heavy (non-hydrogen) atoms. The summed E-state index contributed by atoms with van der Waals surface area (Å²) in [6, 6.07) is 2.27. The molecule has 1 rings (SSSR count). The first-order chi connectivity index (χ1) is 8.50. The van der Waals surface area contributed by atoms with E-state index in [-0.39, 0.29) is 18.7 Å². The van der Waals surface area contributed by atoms with Gasteiger partial charge in [-0.05, 0) is 19.1 Å². The van der Waals surface area contributed by atoms with Gasteiger partial charge in [0.05, 0.1) is 12.7 Å². The van der Waals surface area contributed by atoms with Crippen LogP contribution in [0, 0.1) is 0 Å². The molecule has 0 aliphatic rings. The van der Waals surface area contributed by atoms with Crippen LogP contribution in [-0.2, 0) is 9.59 Å². The molecule has 1 aromatic rings. The number of furan rings is 1. The number of hydrogen-bond acceptors (Lipinski definition) is 4. The van der Waals surface area contributed by atoms with Gasteiger partial charge >= 0.3 is 5.97 Å². The predicted octanol–water partition coefficient (Wildman–Crippen LogP) is -0.0112. The minimum absolute atomic E-state index is 0.0229. The van der Waals surface area contributed by atoms with Crippen LogP contribution in [0.5, 0.6) is 0 Å². The number of rotatable bonds is 6. The summed E-state index contributed by atoms with van der Waals surface area (Å²) in [6.07, 6.45) is 1.19. The second-order valence-electron chi connectivity index (χ2n) is 3.61. The highest BCUT2D eigenvalue weighted by Crippen LogP contribution is 1.99. The van der Waals surface area contributed by atoms with E-state index in [1.54, 1.807) is 6.07 Å². The first-order valence-corrected chi connectivity index (χ1v) is 5.34. The fourth-order valence-electron chi connectivity index (χ4n) is 1.19. The van der Waals surface area contributed by atoms with Crippen molar-refractivity contribution in [3.05, 3.63) is 24.2 Å². The van der Waals surface area contributed by atoms with E-state index < -0.39 is 23.8 Å². The number of carbonyl (C=O) groups excluding carboxylic acids is 2. The van der Waals surface area contributed by atoms with E-state index in [1.807, 2.05) is 0 Å². The van der Waals surface area contributed by atoms with Gasteiger partial charge in [0, 0.05) is 6.54 Å². The van der Waals surface area contributed by atoms with E-state index in [1.165, 1.54) is 19.3 Å². The molecule has 0 radical (unpaired) electrons. The summed E-state index contributed by atoms with van der Waals surface area (Å²) in [4.78, 5) is 33.3. The van der Waals surface area contributed by atoms with Crippen molar-refractivity contribution in [2.75, 3.05) is 6.54 Å². The van der Waals surface area contributed by atoms with Gasteiger partial charge in [-0.15, -0.1) is 0 Å². The lowest BCUT2D eigenvalue weighted by Gasteiger charge is -2.12. The number of carboxylic acid groups (broad SMARTS) is 1. The van der Waals surface area contributed by atoms with Gasteiger partial charge in [-0.25, -0.2) is 0 Å². The molecule has 3 N–H and O–H groups in total. The third-order valence-electron chi connectivity index (χ3n) is 2.12. The van der Waals surface area contributed by atoms with Gasteiger partial charge in [0.2, 0.25) is 5.91 Å². The molecule has 7 heteroatoms. The van der Waals surface area contributed by atoms with E-state index in [0.29, 0.717) is 0 Å². The number of hydrogen-bond donors (Lipinski definition) is 3. The van der Waals surface area contributed by atoms with Crippen molar-refractivity contribution in [2.45, 2.75) is 19.4 Å². The number of carbonyl (C=O) groups is 3. The van der Waals surface area contributed by atoms with Crippen LogP contribution in [0.4, 0.5) is 0 Å². The number of carboxylic acids is 1. The molecule has 1 aromatic heterocycles. The lowest BCUT2D eigenvalue weighted by atomic mass is 10.3. The Kier molecular flexibility index (Phi) is 4.91. The van der Waals surface area contributed by atoms with Crippen LogP contribution >= 0.6 is 0 Å². The van der Waals surface area contributed by atoms with Crippen molar-refractivity contribution in [3.8, 4) is 0 Å². The van der Waals surface area contributed by atoms with Gasteiger partial charge in [-0.1, -0.05) is 0 Å². The van der Waals surface area contributed by atoms with Gasteiger partial charge in [0.25, 0.3) is 5.91 Å². The summed E-state index contributed by atoms with van der Waals surface area (Å²) in [5, 5.41) is 13.2. The summed E-state index contributed by atoms with van der Waals surface area (Å²) < 4.78 is 4.87. The average molecular weight is 254 g/mol. The lowest BCUT2D eigenvalue weighted by molar-refractivity contribution is -0.137. The highest BCUT2D eigenvalue weighted by molar-refractivity contribution is 5.95. The Hall–Kier alpha value is -2.31. The van der Waals surface area contributed by atoms with E-state index in [9.17, 15) is 14.4 Å². The van der Waals surface area contributed by atoms with E-state index in [2.05, 4.69) is 10.6 Å². The third kappa shape index (κ3) is 4.28. The summed E-state index contributed by atoms with van der Waals surface area (Å²) >= 11 is 0. The zero-order valence-corrected chi connectivity index (χ0v) is 9.80. The Labute approximate surface area is 103 Å². The van der Waals surface area contributed by atoms with Gasteiger partial charge < -0.3 is 20.2 Å². The van der Waals surface area contributed by atoms with Crippen LogP contribution in [-0.4, -0.2) is 35.5 Å². The molecule has 1 heterocycles. The third-order valence-corrected chi connectivity index (χ3v) is 2.12. The minimum Gasteiger partial charge on any atom is -0.481 e. The molecular formula is C11H14N2O5. The molecule has 1 atom stereocenters. The van der Waals surface area contributed by atoms with E-state index in [0.717, 1.165) is 0 Å². The van der Waals surface area contributed by atoms with Crippen LogP contribution in [0.2, 0.25) is 0 Å². The molecule has 0 bridgehead atoms. The number of amides is 2. The normalized spacial score (nSPS) is 11.6. The standard InChI is InChI=1S/C11H14N2O5/c1-7(10(16)12-5-4-9(14)15)13-11(17)8-3-2-6-18-8/h2-3,6-7H,4-5H2,1H3,(H,12,16)(H,13,17)(H,14,15). The van der Waals surface area contributed by atoms with E-state index >= 15 is 0 Å². The summed E-state index contributed by atoms with van der Waals surface area (Å²) in [7, 11) is 0. The molecular weight excluding hydrogens is 240 g/mol. The molecule has 0 spiro atoms. The zero-order chi connectivity index (χ0) is 13.5. The summed E-state index contributed by atoms with van der Waals surface area (Å²) in [6.45, 7) is 1.52. The summed E-state index contributed by atoms with van der Waals surface area (Å²) in [5.41, 5.74) is 0. The van der Waals surface area contributed by atoms with Crippen LogP contribution in [0.15, 0.2) is 22.8 Å². The number of aliphatic carboxylic acids is 1. The lowest BCUT2D eigenvalue weighted by Crippen LogP contribution is -2.45. The van der Waals surface area contributed by atoms with Crippen molar-refractivity contribution in [1.29, 1.82) is 0 Å². The van der Waals surface area contributed by atoms with Crippen LogP contribution in [0.1, 0.15) is 23.9 Å². The van der Waals surface area contributed by atoms with Crippen molar-refractivity contribution in [3.63, 3.8) is 0 Å². The van der Waals surface area contributed by atoms with E-state index in [4.69, 9.17) is 9.52 Å². The molecule has 0 aliphatic carbocycles. The zero-order valence-electron chi connectivity index (χ0n) is 9.80. The van der Waals surface area contributed by atoms with Crippen molar-refractivity contribution >= 4 is 17.8 Å². The maximum Gasteiger partial charge on any atom is 0.305 e. The quantitative estimate of drug-likeness (QED) is 0.661. The monoisotopic (exact) mass is 254 g/mol. The largest absolute Gasteiger partial charge is 0.481 e. The second-order valence-corrected chi connectivity index (χ2v) is 3.61. The fourth-order valence-corrected chi connectivity index (χ4v) is 1.19.